The van der Waals surface area contributed by atoms with E-state index in [0.717, 1.165) is 20.2 Å². The molecule has 0 atom stereocenters. The largest absolute Gasteiger partial charge is 0.446 e. The van der Waals surface area contributed by atoms with Crippen LogP contribution in [0, 0.1) is 0 Å². The number of thioether (sulfide) groups is 1. The Labute approximate surface area is 99.3 Å². The Hall–Kier alpha value is -0.320. The molecule has 0 saturated heterocycles. The SMILES string of the molecule is CSc1[o+]c(-c2ccc(Br)cc2)cs1. The van der Waals surface area contributed by atoms with Crippen LogP contribution in [0.2, 0.25) is 0 Å². The summed E-state index contributed by atoms with van der Waals surface area (Å²) in [5.74, 6) is 0.937. The van der Waals surface area contributed by atoms with Gasteiger partial charge in [-0.3, -0.25) is 0 Å². The summed E-state index contributed by atoms with van der Waals surface area (Å²) in [7, 11) is 0. The minimum atomic E-state index is 0.937. The second-order valence-corrected chi connectivity index (χ2v) is 5.46. The first-order chi connectivity index (χ1) is 6.79. The minimum absolute atomic E-state index is 0.937. The van der Waals surface area contributed by atoms with E-state index in [-0.39, 0.29) is 0 Å². The Balaban J connectivity index is 2.34. The van der Waals surface area contributed by atoms with Crippen LogP contribution in [0.5, 0.6) is 0 Å². The zero-order chi connectivity index (χ0) is 9.97. The molecule has 0 unspecified atom stereocenters. The Morgan fingerprint density at radius 2 is 2.00 bits per heavy atom. The average Bonchev–Trinajstić information content (AvgIpc) is 2.67. The molecule has 0 spiro atoms. The summed E-state index contributed by atoms with van der Waals surface area (Å²) >= 11 is 6.67. The van der Waals surface area contributed by atoms with Crippen molar-refractivity contribution in [1.29, 1.82) is 0 Å². The molecule has 1 aromatic heterocycles. The Kier molecular flexibility index (Phi) is 3.26. The van der Waals surface area contributed by atoms with Crippen molar-refractivity contribution in [3.8, 4) is 11.3 Å². The van der Waals surface area contributed by atoms with Gasteiger partial charge in [0, 0.05) is 4.47 Å². The quantitative estimate of drug-likeness (QED) is 0.582. The molecule has 1 aromatic carbocycles. The standard InChI is InChI=1S/C10H8BrOS2/c1-13-10-12-9(6-14-10)7-2-4-8(11)5-3-7/h2-6H,1H3/q+1. The van der Waals surface area contributed by atoms with Crippen molar-refractivity contribution >= 4 is 39.0 Å². The van der Waals surface area contributed by atoms with E-state index in [4.69, 9.17) is 4.42 Å². The highest BCUT2D eigenvalue weighted by Crippen LogP contribution is 2.31. The van der Waals surface area contributed by atoms with Crippen molar-refractivity contribution in [2.45, 2.75) is 4.41 Å². The molecule has 4 heteroatoms. The van der Waals surface area contributed by atoms with E-state index in [1.165, 1.54) is 0 Å². The van der Waals surface area contributed by atoms with Gasteiger partial charge < -0.3 is 0 Å². The summed E-state index contributed by atoms with van der Waals surface area (Å²) in [6.07, 6.45) is 2.01. The maximum atomic E-state index is 5.62. The van der Waals surface area contributed by atoms with E-state index in [1.807, 2.05) is 35.9 Å². The molecule has 2 aromatic rings. The van der Waals surface area contributed by atoms with Crippen LogP contribution in [0.4, 0.5) is 0 Å². The zero-order valence-corrected chi connectivity index (χ0v) is 10.7. The molecule has 0 fully saturated rings. The molecule has 0 aliphatic heterocycles. The second-order valence-electron chi connectivity index (χ2n) is 2.66. The van der Waals surface area contributed by atoms with Crippen LogP contribution in [0.1, 0.15) is 0 Å². The molecule has 0 amide bonds. The van der Waals surface area contributed by atoms with Gasteiger partial charge in [0.25, 0.3) is 0 Å². The molecule has 1 heterocycles. The number of rotatable bonds is 2. The summed E-state index contributed by atoms with van der Waals surface area (Å²) < 4.78 is 7.70. The molecule has 2 rings (SSSR count). The Bertz CT molecular complexity index is 422. The smallest absolute Gasteiger partial charge is 0.189 e. The number of halogens is 1. The second kappa shape index (κ2) is 4.47. The van der Waals surface area contributed by atoms with Crippen molar-refractivity contribution in [2.75, 3.05) is 6.26 Å². The molecule has 0 aliphatic carbocycles. The minimum Gasteiger partial charge on any atom is -0.189 e. The van der Waals surface area contributed by atoms with E-state index >= 15 is 0 Å². The first kappa shape index (κ1) is 10.2. The lowest BCUT2D eigenvalue weighted by molar-refractivity contribution is 0.502. The van der Waals surface area contributed by atoms with Crippen LogP contribution >= 0.6 is 39.0 Å². The molecule has 0 radical (unpaired) electrons. The lowest BCUT2D eigenvalue weighted by Crippen LogP contribution is -1.71. The van der Waals surface area contributed by atoms with Crippen LogP contribution in [0.15, 0.2) is 42.9 Å². The fourth-order valence-corrected chi connectivity index (χ4v) is 2.56. The summed E-state index contributed by atoms with van der Waals surface area (Å²) in [5.41, 5.74) is 1.12. The zero-order valence-electron chi connectivity index (χ0n) is 7.49. The lowest BCUT2D eigenvalue weighted by atomic mass is 10.2. The normalized spacial score (nSPS) is 10.4. The molecule has 1 nitrogen and oxygen atoms in total. The first-order valence-electron chi connectivity index (χ1n) is 4.01. The van der Waals surface area contributed by atoms with Gasteiger partial charge >= 0.3 is 10.2 Å². The molecule has 14 heavy (non-hydrogen) atoms. The van der Waals surface area contributed by atoms with Crippen molar-refractivity contribution < 1.29 is 4.42 Å². The van der Waals surface area contributed by atoms with Gasteiger partial charge in [-0.2, -0.15) is 4.42 Å². The van der Waals surface area contributed by atoms with Crippen LogP contribution in [0.3, 0.4) is 0 Å². The predicted octanol–water partition coefficient (Wildman–Crippen LogP) is 4.77. The topological polar surface area (TPSA) is 11.3 Å². The lowest BCUT2D eigenvalue weighted by Gasteiger charge is -1.89. The van der Waals surface area contributed by atoms with Crippen molar-refractivity contribution in [3.63, 3.8) is 0 Å². The molecular formula is C10H8BrOS2+. The average molecular weight is 288 g/mol. The van der Waals surface area contributed by atoms with E-state index in [0.29, 0.717) is 0 Å². The first-order valence-corrected chi connectivity index (χ1v) is 6.91. The Morgan fingerprint density at radius 1 is 1.29 bits per heavy atom. The van der Waals surface area contributed by atoms with Crippen LogP contribution in [0.25, 0.3) is 11.3 Å². The van der Waals surface area contributed by atoms with Crippen molar-refractivity contribution in [3.05, 3.63) is 34.1 Å². The highest BCUT2D eigenvalue weighted by molar-refractivity contribution is 9.10. The molecule has 0 N–H and O–H groups in total. The fraction of sp³-hybridized carbons (Fsp3) is 0.100. The summed E-state index contributed by atoms with van der Waals surface area (Å²) in [4.78, 5) is 0. The molecular weight excluding hydrogens is 280 g/mol. The van der Waals surface area contributed by atoms with Crippen LogP contribution in [-0.4, -0.2) is 6.26 Å². The van der Waals surface area contributed by atoms with Gasteiger partial charge in [-0.1, -0.05) is 15.9 Å². The number of hydrogen-bond acceptors (Lipinski definition) is 2. The fourth-order valence-electron chi connectivity index (χ4n) is 1.07. The van der Waals surface area contributed by atoms with E-state index in [1.54, 1.807) is 23.1 Å². The molecule has 0 saturated carbocycles. The third-order valence-corrected chi connectivity index (χ3v) is 4.09. The van der Waals surface area contributed by atoms with Gasteiger partial charge in [-0.25, -0.2) is 0 Å². The number of benzene rings is 1. The van der Waals surface area contributed by atoms with E-state index in [2.05, 4.69) is 15.9 Å². The van der Waals surface area contributed by atoms with Gasteiger partial charge in [0.1, 0.15) is 5.38 Å². The van der Waals surface area contributed by atoms with Gasteiger partial charge in [-0.15, -0.1) is 0 Å². The molecule has 72 valence electrons. The van der Waals surface area contributed by atoms with Crippen LogP contribution < -0.4 is 0 Å². The molecule has 0 aliphatic rings. The predicted molar refractivity (Wildman–Crippen MR) is 65.9 cm³/mol. The molecule has 0 bridgehead atoms. The van der Waals surface area contributed by atoms with Crippen molar-refractivity contribution in [1.82, 2.24) is 0 Å². The summed E-state index contributed by atoms with van der Waals surface area (Å²) in [6, 6.07) is 8.11. The van der Waals surface area contributed by atoms with Gasteiger partial charge in [0.15, 0.2) is 0 Å². The maximum absolute atomic E-state index is 5.62. The summed E-state index contributed by atoms with van der Waals surface area (Å²) in [5, 5.41) is 2.04. The third-order valence-electron chi connectivity index (χ3n) is 1.75. The third kappa shape index (κ3) is 2.19. The highest BCUT2D eigenvalue weighted by atomic mass is 79.9. The van der Waals surface area contributed by atoms with Gasteiger partial charge in [-0.05, 0) is 53.6 Å². The van der Waals surface area contributed by atoms with Gasteiger partial charge in [0.2, 0.25) is 0 Å². The van der Waals surface area contributed by atoms with E-state index < -0.39 is 0 Å². The maximum Gasteiger partial charge on any atom is 0.446 e. The summed E-state index contributed by atoms with van der Waals surface area (Å²) in [6.45, 7) is 0. The van der Waals surface area contributed by atoms with E-state index in [9.17, 15) is 0 Å². The number of hydrogen-bond donors (Lipinski definition) is 0. The highest BCUT2D eigenvalue weighted by Gasteiger charge is 2.17. The monoisotopic (exact) mass is 287 g/mol. The van der Waals surface area contributed by atoms with Crippen molar-refractivity contribution in [2.24, 2.45) is 0 Å². The Morgan fingerprint density at radius 3 is 2.57 bits per heavy atom. The van der Waals surface area contributed by atoms with Crippen LogP contribution in [-0.2, 0) is 0 Å². The van der Waals surface area contributed by atoms with Gasteiger partial charge in [0.05, 0.1) is 5.56 Å².